The van der Waals surface area contributed by atoms with Crippen LogP contribution >= 0.6 is 11.3 Å². The molecular weight excluding hydrogens is 739 g/mol. The summed E-state index contributed by atoms with van der Waals surface area (Å²) < 4.78 is 9.68. The van der Waals surface area contributed by atoms with Gasteiger partial charge >= 0.3 is 0 Å². The fourth-order valence-corrected chi connectivity index (χ4v) is 9.59. The Balaban J connectivity index is 1.18. The first-order valence-corrected chi connectivity index (χ1v) is 20.7. The van der Waals surface area contributed by atoms with E-state index in [0.29, 0.717) is 0 Å². The quantitative estimate of drug-likeness (QED) is 0.146. The fourth-order valence-electron chi connectivity index (χ4n) is 8.43. The average molecular weight is 776 g/mol. The van der Waals surface area contributed by atoms with Crippen molar-refractivity contribution in [3.63, 3.8) is 0 Å². The van der Waals surface area contributed by atoms with Gasteiger partial charge in [-0.15, -0.1) is 11.3 Å². The van der Waals surface area contributed by atoms with E-state index in [9.17, 15) is 0 Å². The molecule has 0 unspecified atom stereocenters. The molecule has 0 saturated heterocycles. The van der Waals surface area contributed by atoms with Crippen LogP contribution in [0.15, 0.2) is 229 Å². The van der Waals surface area contributed by atoms with Crippen LogP contribution in [0, 0.1) is 0 Å². The van der Waals surface area contributed by atoms with Crippen LogP contribution in [0.25, 0.3) is 42.1 Å². The lowest BCUT2D eigenvalue weighted by Gasteiger charge is -2.30. The maximum atomic E-state index is 7.22. The molecular formula is C54H37N3OS. The first-order chi connectivity index (χ1) is 29.3. The number of hydrogen-bond acceptors (Lipinski definition) is 5. The Labute approximate surface area is 346 Å². The lowest BCUT2D eigenvalue weighted by Crippen LogP contribution is -2.13. The monoisotopic (exact) mass is 775 g/mol. The van der Waals surface area contributed by atoms with Crippen molar-refractivity contribution in [1.82, 2.24) is 0 Å². The maximum absolute atomic E-state index is 7.22. The molecule has 2 aromatic heterocycles. The molecule has 59 heavy (non-hydrogen) atoms. The number of furan rings is 1. The maximum Gasteiger partial charge on any atom is 0.159 e. The third-order valence-electron chi connectivity index (χ3n) is 11.0. The van der Waals surface area contributed by atoms with Gasteiger partial charge in [0.1, 0.15) is 0 Å². The smallest absolute Gasteiger partial charge is 0.159 e. The number of anilines is 9. The van der Waals surface area contributed by atoms with Crippen molar-refractivity contribution >= 4 is 105 Å². The van der Waals surface area contributed by atoms with E-state index in [1.807, 2.05) is 11.3 Å². The van der Waals surface area contributed by atoms with Crippen LogP contribution in [0.5, 0.6) is 0 Å². The number of hydrogen-bond donors (Lipinski definition) is 0. The minimum Gasteiger partial charge on any atom is -0.452 e. The molecule has 0 aliphatic rings. The number of thiophene rings is 1. The van der Waals surface area contributed by atoms with Gasteiger partial charge in [0.05, 0.1) is 17.1 Å². The number of para-hydroxylation sites is 7. The summed E-state index contributed by atoms with van der Waals surface area (Å²) >= 11 is 1.83. The van der Waals surface area contributed by atoms with Crippen molar-refractivity contribution < 1.29 is 4.42 Å². The van der Waals surface area contributed by atoms with Crippen LogP contribution in [0.3, 0.4) is 0 Å². The van der Waals surface area contributed by atoms with Crippen LogP contribution in [-0.4, -0.2) is 0 Å². The normalized spacial score (nSPS) is 11.4. The van der Waals surface area contributed by atoms with E-state index in [2.05, 4.69) is 239 Å². The van der Waals surface area contributed by atoms with Gasteiger partial charge in [-0.05, 0) is 91.0 Å². The van der Waals surface area contributed by atoms with Crippen molar-refractivity contribution in [3.05, 3.63) is 224 Å². The van der Waals surface area contributed by atoms with E-state index in [1.165, 1.54) is 20.2 Å². The van der Waals surface area contributed by atoms with E-state index in [4.69, 9.17) is 4.42 Å². The fraction of sp³-hybridized carbons (Fsp3) is 0. The van der Waals surface area contributed by atoms with Crippen molar-refractivity contribution in [2.45, 2.75) is 0 Å². The second kappa shape index (κ2) is 14.7. The van der Waals surface area contributed by atoms with Crippen molar-refractivity contribution in [1.29, 1.82) is 0 Å². The Bertz CT molecular complexity index is 3140. The van der Waals surface area contributed by atoms with Crippen LogP contribution in [0.1, 0.15) is 0 Å². The minimum atomic E-state index is 0.820. The Morgan fingerprint density at radius 2 is 0.661 bits per heavy atom. The van der Waals surface area contributed by atoms with E-state index in [-0.39, 0.29) is 0 Å². The summed E-state index contributed by atoms with van der Waals surface area (Å²) in [4.78, 5) is 7.03. The second-order valence-corrected chi connectivity index (χ2v) is 15.6. The first kappa shape index (κ1) is 34.6. The molecule has 0 aliphatic carbocycles. The molecule has 0 amide bonds. The Morgan fingerprint density at radius 3 is 1.12 bits per heavy atom. The predicted molar refractivity (Wildman–Crippen MR) is 251 cm³/mol. The Kier molecular flexibility index (Phi) is 8.64. The van der Waals surface area contributed by atoms with Crippen molar-refractivity contribution in [2.24, 2.45) is 0 Å². The molecule has 0 bridgehead atoms. The highest BCUT2D eigenvalue weighted by Gasteiger charge is 2.26. The summed E-state index contributed by atoms with van der Waals surface area (Å²) in [5.74, 6) is 0. The van der Waals surface area contributed by atoms with Gasteiger partial charge in [-0.2, -0.15) is 0 Å². The SMILES string of the molecule is c1ccc(N(c2ccccc2)c2cccc3c2oc2c(N(c4ccccc4)c4cc(N(c5ccccc5)c5ccccc5)c5c(c4)sc4ccccc45)cccc23)cc1. The Hall–Kier alpha value is -7.60. The number of rotatable bonds is 9. The van der Waals surface area contributed by atoms with Crippen LogP contribution in [0.4, 0.5) is 51.2 Å². The van der Waals surface area contributed by atoms with Gasteiger partial charge < -0.3 is 19.1 Å². The van der Waals surface area contributed by atoms with Gasteiger partial charge in [0.2, 0.25) is 0 Å². The second-order valence-electron chi connectivity index (χ2n) is 14.5. The van der Waals surface area contributed by atoms with Crippen molar-refractivity contribution in [2.75, 3.05) is 14.7 Å². The van der Waals surface area contributed by atoms with Gasteiger partial charge in [-0.25, -0.2) is 0 Å². The molecule has 5 heteroatoms. The summed E-state index contributed by atoms with van der Waals surface area (Å²) in [5, 5.41) is 4.58. The summed E-state index contributed by atoms with van der Waals surface area (Å²) in [6.45, 7) is 0. The van der Waals surface area contributed by atoms with Gasteiger partial charge in [0.15, 0.2) is 11.2 Å². The Morgan fingerprint density at radius 1 is 0.288 bits per heavy atom. The molecule has 11 aromatic rings. The van der Waals surface area contributed by atoms with E-state index < -0.39 is 0 Å². The van der Waals surface area contributed by atoms with E-state index >= 15 is 0 Å². The molecule has 9 aromatic carbocycles. The molecule has 0 atom stereocenters. The lowest BCUT2D eigenvalue weighted by molar-refractivity contribution is 0.669. The molecule has 280 valence electrons. The standard InChI is InChI=1S/C54H37N3OS/c1-6-20-38(21-7-1)55(39-22-8-2-9-23-39)47-33-18-31-44-45-32-19-34-48(54(45)58-53(44)47)57(42-28-14-5-15-29-42)43-36-49(52-46-30-16-17-35-50(46)59-51(52)37-43)56(40-24-10-3-11-25-40)41-26-12-4-13-27-41/h1-37H. The molecule has 0 fully saturated rings. The zero-order chi connectivity index (χ0) is 39.1. The summed E-state index contributed by atoms with van der Waals surface area (Å²) in [7, 11) is 0. The van der Waals surface area contributed by atoms with Crippen LogP contribution in [0.2, 0.25) is 0 Å². The predicted octanol–water partition coefficient (Wildman–Crippen LogP) is 16.4. The third-order valence-corrected chi connectivity index (χ3v) is 12.1. The summed E-state index contributed by atoms with van der Waals surface area (Å²) in [5.41, 5.74) is 11.1. The molecule has 0 N–H and O–H groups in total. The molecule has 4 nitrogen and oxygen atoms in total. The van der Waals surface area contributed by atoms with E-state index in [1.54, 1.807) is 0 Å². The number of benzene rings is 9. The topological polar surface area (TPSA) is 22.9 Å². The van der Waals surface area contributed by atoms with E-state index in [0.717, 1.165) is 73.1 Å². The van der Waals surface area contributed by atoms with Crippen molar-refractivity contribution in [3.8, 4) is 0 Å². The summed E-state index contributed by atoms with van der Waals surface area (Å²) in [6.07, 6.45) is 0. The number of nitrogens with zero attached hydrogens (tertiary/aromatic N) is 3. The van der Waals surface area contributed by atoms with Gasteiger partial charge in [0, 0.05) is 65.1 Å². The third kappa shape index (κ3) is 6.08. The lowest BCUT2D eigenvalue weighted by atomic mass is 10.0. The van der Waals surface area contributed by atoms with Crippen LogP contribution in [-0.2, 0) is 0 Å². The minimum absolute atomic E-state index is 0.820. The van der Waals surface area contributed by atoms with Gasteiger partial charge in [-0.3, -0.25) is 0 Å². The molecule has 11 rings (SSSR count). The molecule has 0 radical (unpaired) electrons. The molecule has 0 spiro atoms. The van der Waals surface area contributed by atoms with Gasteiger partial charge in [-0.1, -0.05) is 133 Å². The molecule has 2 heterocycles. The average Bonchev–Trinajstić information content (AvgIpc) is 3.88. The van der Waals surface area contributed by atoms with Gasteiger partial charge in [0.25, 0.3) is 0 Å². The molecule has 0 saturated carbocycles. The highest BCUT2D eigenvalue weighted by atomic mass is 32.1. The summed E-state index contributed by atoms with van der Waals surface area (Å²) in [6, 6.07) is 79.5. The first-order valence-electron chi connectivity index (χ1n) is 19.9. The highest BCUT2D eigenvalue weighted by Crippen LogP contribution is 2.51. The van der Waals surface area contributed by atoms with Crippen LogP contribution < -0.4 is 14.7 Å². The zero-order valence-corrected chi connectivity index (χ0v) is 32.8. The number of fused-ring (bicyclic) bond motifs is 6. The highest BCUT2D eigenvalue weighted by molar-refractivity contribution is 7.26. The molecule has 0 aliphatic heterocycles. The zero-order valence-electron chi connectivity index (χ0n) is 32.0. The largest absolute Gasteiger partial charge is 0.452 e.